The maximum absolute atomic E-state index is 12.1. The van der Waals surface area contributed by atoms with Crippen LogP contribution < -0.4 is 14.8 Å². The molecular weight excluding hydrogens is 270 g/mol. The van der Waals surface area contributed by atoms with Crippen molar-refractivity contribution in [2.45, 2.75) is 52.4 Å². The summed E-state index contributed by atoms with van der Waals surface area (Å²) in [6.07, 6.45) is -1.36. The summed E-state index contributed by atoms with van der Waals surface area (Å²) in [6.45, 7) is 9.04. The van der Waals surface area contributed by atoms with Crippen molar-refractivity contribution in [2.24, 2.45) is 0 Å². The van der Waals surface area contributed by atoms with E-state index in [1.807, 2.05) is 20.8 Å². The van der Waals surface area contributed by atoms with Gasteiger partial charge in [-0.25, -0.2) is 0 Å². The number of amides is 1. The van der Waals surface area contributed by atoms with E-state index in [-0.39, 0.29) is 11.4 Å². The number of ether oxygens (including phenoxy) is 2. The van der Waals surface area contributed by atoms with Gasteiger partial charge in [0.05, 0.1) is 13.2 Å². The fourth-order valence-electron chi connectivity index (χ4n) is 1.80. The Hall–Kier alpha value is -1.75. The Morgan fingerprint density at radius 2 is 1.90 bits per heavy atom. The van der Waals surface area contributed by atoms with E-state index in [1.54, 1.807) is 39.2 Å². The van der Waals surface area contributed by atoms with E-state index in [1.165, 1.54) is 0 Å². The number of hydrogen-bond acceptors (Lipinski definition) is 4. The number of carbonyl (C=O) groups is 1. The molecule has 0 aromatic heterocycles. The van der Waals surface area contributed by atoms with E-state index >= 15 is 0 Å². The fourth-order valence-corrected chi connectivity index (χ4v) is 1.80. The lowest BCUT2D eigenvalue weighted by molar-refractivity contribution is -0.128. The molecule has 2 unspecified atom stereocenters. The molecule has 1 aromatic rings. The Morgan fingerprint density at radius 1 is 1.29 bits per heavy atom. The topological polar surface area (TPSA) is 67.8 Å². The van der Waals surface area contributed by atoms with Crippen molar-refractivity contribution < 1.29 is 19.4 Å². The van der Waals surface area contributed by atoms with E-state index in [9.17, 15) is 9.90 Å². The summed E-state index contributed by atoms with van der Waals surface area (Å²) in [7, 11) is 1.55. The summed E-state index contributed by atoms with van der Waals surface area (Å²) in [4.78, 5) is 12.1. The second-order valence-electron chi connectivity index (χ2n) is 6.08. The van der Waals surface area contributed by atoms with E-state index in [0.717, 1.165) is 0 Å². The minimum Gasteiger partial charge on any atom is -0.497 e. The zero-order valence-corrected chi connectivity index (χ0v) is 13.6. The van der Waals surface area contributed by atoms with Gasteiger partial charge >= 0.3 is 0 Å². The van der Waals surface area contributed by atoms with Crippen molar-refractivity contribution in [2.75, 3.05) is 7.11 Å². The van der Waals surface area contributed by atoms with Crippen molar-refractivity contribution in [1.82, 2.24) is 5.32 Å². The van der Waals surface area contributed by atoms with Gasteiger partial charge in [0.2, 0.25) is 0 Å². The first-order valence-electron chi connectivity index (χ1n) is 6.98. The minimum absolute atomic E-state index is 0.207. The van der Waals surface area contributed by atoms with Gasteiger partial charge in [-0.05, 0) is 46.8 Å². The molecular formula is C16H25NO4. The molecule has 0 saturated heterocycles. The minimum atomic E-state index is -0.691. The second-order valence-corrected chi connectivity index (χ2v) is 6.08. The Bertz CT molecular complexity index is 492. The Balaban J connectivity index is 2.92. The number of carbonyl (C=O) groups excluding carboxylic acids is 1. The predicted molar refractivity (Wildman–Crippen MR) is 81.6 cm³/mol. The molecule has 0 bridgehead atoms. The number of benzene rings is 1. The van der Waals surface area contributed by atoms with Crippen LogP contribution in [0.1, 0.15) is 46.3 Å². The summed E-state index contributed by atoms with van der Waals surface area (Å²) < 4.78 is 10.9. The maximum atomic E-state index is 12.1. The predicted octanol–water partition coefficient (Wildman–Crippen LogP) is 2.43. The lowest BCUT2D eigenvalue weighted by Crippen LogP contribution is -2.46. The van der Waals surface area contributed by atoms with E-state index in [2.05, 4.69) is 5.32 Å². The molecule has 2 atom stereocenters. The molecule has 0 aliphatic carbocycles. The number of aliphatic hydroxyl groups is 1. The Kier molecular flexibility index (Phi) is 5.61. The molecule has 0 fully saturated rings. The quantitative estimate of drug-likeness (QED) is 0.875. The maximum Gasteiger partial charge on any atom is 0.261 e. The van der Waals surface area contributed by atoms with Crippen LogP contribution in [0.2, 0.25) is 0 Å². The van der Waals surface area contributed by atoms with Crippen LogP contribution in [-0.2, 0) is 4.79 Å². The van der Waals surface area contributed by atoms with Gasteiger partial charge in [0.1, 0.15) is 11.5 Å². The van der Waals surface area contributed by atoms with Gasteiger partial charge in [0, 0.05) is 17.2 Å². The third kappa shape index (κ3) is 5.27. The molecule has 5 heteroatoms. The molecule has 1 rings (SSSR count). The first-order chi connectivity index (χ1) is 9.64. The SMILES string of the molecule is COc1ccc(C(C)O)c(OC(C)C(=O)NC(C)(C)C)c1. The Morgan fingerprint density at radius 3 is 2.38 bits per heavy atom. The molecule has 1 aromatic carbocycles. The smallest absolute Gasteiger partial charge is 0.261 e. The molecule has 0 spiro atoms. The molecule has 0 saturated carbocycles. The molecule has 5 nitrogen and oxygen atoms in total. The highest BCUT2D eigenvalue weighted by Crippen LogP contribution is 2.30. The van der Waals surface area contributed by atoms with E-state index < -0.39 is 12.2 Å². The second kappa shape index (κ2) is 6.80. The number of nitrogens with one attached hydrogen (secondary N) is 1. The summed E-state index contributed by atoms with van der Waals surface area (Å²) in [5.41, 5.74) is 0.294. The van der Waals surface area contributed by atoms with Crippen LogP contribution in [0, 0.1) is 0 Å². The van der Waals surface area contributed by atoms with Crippen molar-refractivity contribution in [1.29, 1.82) is 0 Å². The largest absolute Gasteiger partial charge is 0.497 e. The van der Waals surface area contributed by atoms with Gasteiger partial charge in [0.25, 0.3) is 5.91 Å². The summed E-state index contributed by atoms with van der Waals surface area (Å²) in [5, 5.41) is 12.6. The highest BCUT2D eigenvalue weighted by atomic mass is 16.5. The van der Waals surface area contributed by atoms with Crippen LogP contribution in [-0.4, -0.2) is 29.8 Å². The number of methoxy groups -OCH3 is 1. The van der Waals surface area contributed by atoms with Gasteiger partial charge < -0.3 is 19.9 Å². The third-order valence-corrected chi connectivity index (χ3v) is 2.84. The zero-order chi connectivity index (χ0) is 16.2. The molecule has 0 heterocycles. The van der Waals surface area contributed by atoms with Crippen molar-refractivity contribution >= 4 is 5.91 Å². The van der Waals surface area contributed by atoms with Crippen molar-refractivity contribution in [3.63, 3.8) is 0 Å². The third-order valence-electron chi connectivity index (χ3n) is 2.84. The molecule has 0 aliphatic heterocycles. The summed E-state index contributed by atoms with van der Waals surface area (Å²) in [6, 6.07) is 5.14. The summed E-state index contributed by atoms with van der Waals surface area (Å²) >= 11 is 0. The molecule has 0 radical (unpaired) electrons. The fraction of sp³-hybridized carbons (Fsp3) is 0.562. The monoisotopic (exact) mass is 295 g/mol. The van der Waals surface area contributed by atoms with Crippen molar-refractivity contribution in [3.05, 3.63) is 23.8 Å². The molecule has 21 heavy (non-hydrogen) atoms. The zero-order valence-electron chi connectivity index (χ0n) is 13.6. The molecule has 0 aliphatic rings. The van der Waals surface area contributed by atoms with Gasteiger partial charge in [0.15, 0.2) is 6.10 Å². The Labute approximate surface area is 126 Å². The number of aliphatic hydroxyl groups excluding tert-OH is 1. The van der Waals surface area contributed by atoms with Gasteiger partial charge in [-0.3, -0.25) is 4.79 Å². The lowest BCUT2D eigenvalue weighted by atomic mass is 10.1. The molecule has 2 N–H and O–H groups in total. The van der Waals surface area contributed by atoms with Gasteiger partial charge in [-0.2, -0.15) is 0 Å². The van der Waals surface area contributed by atoms with E-state index in [4.69, 9.17) is 9.47 Å². The highest BCUT2D eigenvalue weighted by Gasteiger charge is 2.22. The van der Waals surface area contributed by atoms with Crippen LogP contribution in [0.5, 0.6) is 11.5 Å². The van der Waals surface area contributed by atoms with Crippen molar-refractivity contribution in [3.8, 4) is 11.5 Å². The van der Waals surface area contributed by atoms with Crippen LogP contribution in [0.4, 0.5) is 0 Å². The van der Waals surface area contributed by atoms with Crippen LogP contribution in [0.15, 0.2) is 18.2 Å². The lowest BCUT2D eigenvalue weighted by Gasteiger charge is -2.24. The van der Waals surface area contributed by atoms with E-state index in [0.29, 0.717) is 17.1 Å². The van der Waals surface area contributed by atoms with Crippen LogP contribution >= 0.6 is 0 Å². The molecule has 118 valence electrons. The standard InChI is InChI=1S/C16H25NO4/c1-10(18)13-8-7-12(20-6)9-14(13)21-11(2)15(19)17-16(3,4)5/h7-11,18H,1-6H3,(H,17,19). The number of rotatable bonds is 5. The highest BCUT2D eigenvalue weighted by molar-refractivity contribution is 5.81. The number of hydrogen-bond donors (Lipinski definition) is 2. The summed E-state index contributed by atoms with van der Waals surface area (Å²) in [5.74, 6) is 0.848. The van der Waals surface area contributed by atoms with Gasteiger partial charge in [-0.1, -0.05) is 0 Å². The normalized spacial score (nSPS) is 14.2. The average molecular weight is 295 g/mol. The first kappa shape index (κ1) is 17.3. The molecule has 1 amide bonds. The first-order valence-corrected chi connectivity index (χ1v) is 6.98. The van der Waals surface area contributed by atoms with Crippen LogP contribution in [0.3, 0.4) is 0 Å². The van der Waals surface area contributed by atoms with Crippen LogP contribution in [0.25, 0.3) is 0 Å². The average Bonchev–Trinajstić information content (AvgIpc) is 2.36. The van der Waals surface area contributed by atoms with Gasteiger partial charge in [-0.15, -0.1) is 0 Å².